The molecule has 1 aliphatic heterocycles. The number of likely N-dealkylation sites (tertiary alicyclic amines) is 1. The van der Waals surface area contributed by atoms with Gasteiger partial charge in [0.15, 0.2) is 0 Å². The van der Waals surface area contributed by atoms with Gasteiger partial charge in [-0.25, -0.2) is 0 Å². The van der Waals surface area contributed by atoms with Crippen LogP contribution in [0.5, 0.6) is 5.75 Å². The maximum atomic E-state index is 10.8. The first kappa shape index (κ1) is 18.0. The molecule has 0 aliphatic carbocycles. The van der Waals surface area contributed by atoms with Gasteiger partial charge in [0.2, 0.25) is 0 Å². The molecule has 2 unspecified atom stereocenters. The number of hydrogen-bond acceptors (Lipinski definition) is 2. The van der Waals surface area contributed by atoms with Gasteiger partial charge in [-0.3, -0.25) is 0 Å². The normalized spacial score (nSPS) is 26.1. The molecule has 0 radical (unpaired) electrons. The second-order valence-corrected chi connectivity index (χ2v) is 7.84. The second-order valence-electron chi connectivity index (χ2n) is 7.84. The van der Waals surface area contributed by atoms with Crippen LogP contribution in [0.1, 0.15) is 37.0 Å². The summed E-state index contributed by atoms with van der Waals surface area (Å²) in [5.74, 6) is 0.984. The molecule has 0 spiro atoms. The highest BCUT2D eigenvalue weighted by molar-refractivity contribution is 5.27. The molecule has 1 heterocycles. The number of likely N-dealkylation sites (N-methyl/N-ethyl adjacent to an activating group) is 1. The fourth-order valence-electron chi connectivity index (χ4n) is 4.06. The van der Waals surface area contributed by atoms with Crippen LogP contribution in [-0.2, 0) is 6.42 Å². The Morgan fingerprint density at radius 1 is 1.00 bits per heavy atom. The minimum absolute atomic E-state index is 0.141. The number of aliphatic hydroxyl groups is 1. The lowest BCUT2D eigenvalue weighted by Gasteiger charge is -2.46. The number of aromatic hydroxyl groups is 1. The lowest BCUT2D eigenvalue weighted by atomic mass is 9.87. The van der Waals surface area contributed by atoms with E-state index >= 15 is 0 Å². The highest BCUT2D eigenvalue weighted by Crippen LogP contribution is 2.32. The van der Waals surface area contributed by atoms with Gasteiger partial charge in [0.25, 0.3) is 0 Å². The van der Waals surface area contributed by atoms with Gasteiger partial charge in [-0.2, -0.15) is 0 Å². The summed E-state index contributed by atoms with van der Waals surface area (Å²) in [5.41, 5.74) is 2.32. The molecule has 0 amide bonds. The van der Waals surface area contributed by atoms with E-state index in [2.05, 4.69) is 44.3 Å². The van der Waals surface area contributed by atoms with E-state index in [9.17, 15) is 10.2 Å². The van der Waals surface area contributed by atoms with Crippen molar-refractivity contribution in [2.45, 2.75) is 38.3 Å². The van der Waals surface area contributed by atoms with Crippen molar-refractivity contribution in [3.8, 4) is 5.75 Å². The lowest BCUT2D eigenvalue weighted by Crippen LogP contribution is -2.57. The molecule has 0 saturated carbocycles. The van der Waals surface area contributed by atoms with E-state index in [4.69, 9.17) is 0 Å². The molecule has 1 fully saturated rings. The summed E-state index contributed by atoms with van der Waals surface area (Å²) in [6.45, 7) is 4.36. The molecule has 3 heteroatoms. The largest absolute Gasteiger partial charge is 0.508 e. The first-order chi connectivity index (χ1) is 12.0. The minimum atomic E-state index is -0.503. The van der Waals surface area contributed by atoms with Gasteiger partial charge in [-0.15, -0.1) is 0 Å². The number of nitrogens with zero attached hydrogens (tertiary/aromatic N) is 1. The summed E-state index contributed by atoms with van der Waals surface area (Å²) in [6, 6.07) is 17.8. The summed E-state index contributed by atoms with van der Waals surface area (Å²) < 4.78 is 0.910. The Bertz CT molecular complexity index is 660. The van der Waals surface area contributed by atoms with Crippen molar-refractivity contribution in [2.75, 3.05) is 20.1 Å². The molecule has 25 heavy (non-hydrogen) atoms. The van der Waals surface area contributed by atoms with E-state index < -0.39 is 6.10 Å². The van der Waals surface area contributed by atoms with Crippen molar-refractivity contribution in [2.24, 2.45) is 5.92 Å². The smallest absolute Gasteiger partial charge is 0.130 e. The fourth-order valence-corrected chi connectivity index (χ4v) is 4.06. The SMILES string of the molecule is CC(C(O)c1ccc(O)cc1)[N+]1(C)CCC(Cc2ccccc2)CC1. The summed E-state index contributed by atoms with van der Waals surface area (Å²) in [7, 11) is 2.27. The maximum absolute atomic E-state index is 10.8. The minimum Gasteiger partial charge on any atom is -0.508 e. The van der Waals surface area contributed by atoms with Crippen molar-refractivity contribution < 1.29 is 14.7 Å². The van der Waals surface area contributed by atoms with Crippen molar-refractivity contribution in [3.63, 3.8) is 0 Å². The molecule has 1 aliphatic rings. The molecule has 3 nitrogen and oxygen atoms in total. The summed E-state index contributed by atoms with van der Waals surface area (Å²) in [5, 5.41) is 20.2. The Hall–Kier alpha value is -1.84. The summed E-state index contributed by atoms with van der Waals surface area (Å²) >= 11 is 0. The number of phenolic OH excluding ortho intramolecular Hbond substituents is 1. The Morgan fingerprint density at radius 2 is 1.60 bits per heavy atom. The van der Waals surface area contributed by atoms with Gasteiger partial charge in [0.1, 0.15) is 17.9 Å². The topological polar surface area (TPSA) is 40.5 Å². The summed E-state index contributed by atoms with van der Waals surface area (Å²) in [4.78, 5) is 0. The van der Waals surface area contributed by atoms with Gasteiger partial charge in [-0.05, 0) is 55.4 Å². The number of quaternary nitrogens is 1. The molecule has 2 atom stereocenters. The molecule has 2 N–H and O–H groups in total. The molecule has 3 rings (SSSR count). The van der Waals surface area contributed by atoms with Crippen LogP contribution in [0, 0.1) is 5.92 Å². The maximum Gasteiger partial charge on any atom is 0.130 e. The van der Waals surface area contributed by atoms with Crippen LogP contribution < -0.4 is 0 Å². The zero-order valence-electron chi connectivity index (χ0n) is 15.3. The third kappa shape index (κ3) is 4.23. The number of benzene rings is 2. The Labute approximate surface area is 151 Å². The van der Waals surface area contributed by atoms with Crippen LogP contribution in [0.4, 0.5) is 0 Å². The molecule has 0 aromatic heterocycles. The van der Waals surface area contributed by atoms with E-state index in [0.29, 0.717) is 0 Å². The lowest BCUT2D eigenvalue weighted by molar-refractivity contribution is -0.941. The van der Waals surface area contributed by atoms with E-state index in [1.165, 1.54) is 18.4 Å². The number of hydrogen-bond donors (Lipinski definition) is 2. The standard InChI is InChI=1S/C22H29NO2/c1-17(22(25)20-8-10-21(24)11-9-20)23(2)14-12-19(13-15-23)16-18-6-4-3-5-7-18/h3-11,17,19,22,25H,12-16H2,1-2H3/p+1. The zero-order chi connectivity index (χ0) is 17.9. The molecule has 0 bridgehead atoms. The fraction of sp³-hybridized carbons (Fsp3) is 0.455. The molecule has 2 aromatic carbocycles. The summed E-state index contributed by atoms with van der Waals surface area (Å²) in [6.07, 6.45) is 3.07. The Kier molecular flexibility index (Phi) is 5.45. The monoisotopic (exact) mass is 340 g/mol. The Balaban J connectivity index is 1.60. The third-order valence-corrected chi connectivity index (χ3v) is 6.14. The van der Waals surface area contributed by atoms with E-state index in [-0.39, 0.29) is 11.8 Å². The number of piperidine rings is 1. The van der Waals surface area contributed by atoms with Crippen molar-refractivity contribution >= 4 is 0 Å². The average Bonchev–Trinajstić information content (AvgIpc) is 2.64. The van der Waals surface area contributed by atoms with Gasteiger partial charge < -0.3 is 14.7 Å². The van der Waals surface area contributed by atoms with Crippen LogP contribution in [0.15, 0.2) is 54.6 Å². The van der Waals surface area contributed by atoms with E-state index in [0.717, 1.165) is 35.5 Å². The quantitative estimate of drug-likeness (QED) is 0.810. The highest BCUT2D eigenvalue weighted by Gasteiger charge is 2.38. The zero-order valence-corrected chi connectivity index (χ0v) is 15.3. The van der Waals surface area contributed by atoms with E-state index in [1.807, 2.05) is 12.1 Å². The van der Waals surface area contributed by atoms with Crippen LogP contribution in [0.2, 0.25) is 0 Å². The molecular weight excluding hydrogens is 310 g/mol. The van der Waals surface area contributed by atoms with Crippen LogP contribution in [-0.4, -0.2) is 40.9 Å². The second kappa shape index (κ2) is 7.59. The van der Waals surface area contributed by atoms with E-state index in [1.54, 1.807) is 12.1 Å². The van der Waals surface area contributed by atoms with Crippen LogP contribution in [0.3, 0.4) is 0 Å². The van der Waals surface area contributed by atoms with Gasteiger partial charge >= 0.3 is 0 Å². The molecule has 134 valence electrons. The van der Waals surface area contributed by atoms with Crippen molar-refractivity contribution in [1.29, 1.82) is 0 Å². The first-order valence-electron chi connectivity index (χ1n) is 9.33. The first-order valence-corrected chi connectivity index (χ1v) is 9.33. The van der Waals surface area contributed by atoms with Gasteiger partial charge in [0.05, 0.1) is 20.1 Å². The predicted octanol–water partition coefficient (Wildman–Crippen LogP) is 3.91. The predicted molar refractivity (Wildman–Crippen MR) is 101 cm³/mol. The van der Waals surface area contributed by atoms with Crippen molar-refractivity contribution in [3.05, 3.63) is 65.7 Å². The van der Waals surface area contributed by atoms with Gasteiger partial charge in [-0.1, -0.05) is 42.5 Å². The molecular formula is C22H30NO2+. The third-order valence-electron chi connectivity index (χ3n) is 6.14. The van der Waals surface area contributed by atoms with Crippen LogP contribution >= 0.6 is 0 Å². The highest BCUT2D eigenvalue weighted by atomic mass is 16.3. The average molecular weight is 340 g/mol. The molecule has 2 aromatic rings. The molecule has 1 saturated heterocycles. The van der Waals surface area contributed by atoms with Crippen molar-refractivity contribution in [1.82, 2.24) is 0 Å². The number of rotatable bonds is 5. The number of aliphatic hydroxyl groups excluding tert-OH is 1. The Morgan fingerprint density at radius 3 is 2.20 bits per heavy atom. The van der Waals surface area contributed by atoms with Gasteiger partial charge in [0, 0.05) is 0 Å². The van der Waals surface area contributed by atoms with Crippen LogP contribution in [0.25, 0.3) is 0 Å². The number of phenols is 1.